The van der Waals surface area contributed by atoms with Crippen LogP contribution in [0.15, 0.2) is 0 Å². The molecule has 0 bridgehead atoms. The van der Waals surface area contributed by atoms with Crippen molar-refractivity contribution in [2.75, 3.05) is 0 Å². The molecule has 1 aliphatic carbocycles. The molecule has 0 spiro atoms. The van der Waals surface area contributed by atoms with Crippen LogP contribution < -0.4 is 0 Å². The van der Waals surface area contributed by atoms with Gasteiger partial charge in [0.2, 0.25) is 0 Å². The number of Topliss-reactive ketones (excluding diaryl/α,β-unsaturated/α-hetero) is 1. The molecule has 0 aliphatic heterocycles. The van der Waals surface area contributed by atoms with Gasteiger partial charge in [-0.25, -0.2) is 0 Å². The SMILES string of the molecule is CC1(O)CC(=O)C(C(=O)O)CC1C(=O)O. The van der Waals surface area contributed by atoms with Crippen molar-refractivity contribution in [3.63, 3.8) is 0 Å². The summed E-state index contributed by atoms with van der Waals surface area (Å²) in [5.74, 6) is -5.76. The summed E-state index contributed by atoms with van der Waals surface area (Å²) in [6.45, 7) is 1.24. The van der Waals surface area contributed by atoms with Crippen molar-refractivity contribution in [2.24, 2.45) is 11.8 Å². The smallest absolute Gasteiger partial charge is 0.314 e. The van der Waals surface area contributed by atoms with E-state index in [0.717, 1.165) is 0 Å². The summed E-state index contributed by atoms with van der Waals surface area (Å²) in [5.41, 5.74) is -1.66. The van der Waals surface area contributed by atoms with E-state index in [1.54, 1.807) is 0 Å². The predicted molar refractivity (Wildman–Crippen MR) is 47.1 cm³/mol. The fraction of sp³-hybridized carbons (Fsp3) is 0.667. The van der Waals surface area contributed by atoms with Crippen LogP contribution in [0.1, 0.15) is 19.8 Å². The maximum Gasteiger partial charge on any atom is 0.314 e. The molecule has 0 heterocycles. The lowest BCUT2D eigenvalue weighted by atomic mass is 9.71. The van der Waals surface area contributed by atoms with Crippen molar-refractivity contribution < 1.29 is 29.7 Å². The van der Waals surface area contributed by atoms with Crippen molar-refractivity contribution >= 4 is 17.7 Å². The fourth-order valence-electron chi connectivity index (χ4n) is 1.83. The number of hydrogen-bond acceptors (Lipinski definition) is 4. The van der Waals surface area contributed by atoms with E-state index in [1.807, 2.05) is 0 Å². The molecule has 1 saturated carbocycles. The molecule has 15 heavy (non-hydrogen) atoms. The largest absolute Gasteiger partial charge is 0.481 e. The van der Waals surface area contributed by atoms with E-state index in [0.29, 0.717) is 0 Å². The summed E-state index contributed by atoms with van der Waals surface area (Å²) in [5, 5.41) is 27.2. The van der Waals surface area contributed by atoms with E-state index < -0.39 is 41.6 Å². The van der Waals surface area contributed by atoms with Gasteiger partial charge in [0.1, 0.15) is 11.7 Å². The molecule has 0 aromatic rings. The lowest BCUT2D eigenvalue weighted by Crippen LogP contribution is -2.50. The van der Waals surface area contributed by atoms with Gasteiger partial charge in [0, 0.05) is 6.42 Å². The normalized spacial score (nSPS) is 36.3. The van der Waals surface area contributed by atoms with Crippen LogP contribution >= 0.6 is 0 Å². The first-order valence-corrected chi connectivity index (χ1v) is 4.46. The topological polar surface area (TPSA) is 112 Å². The van der Waals surface area contributed by atoms with E-state index in [-0.39, 0.29) is 6.42 Å². The molecule has 6 heteroatoms. The highest BCUT2D eigenvalue weighted by molar-refractivity contribution is 6.00. The highest BCUT2D eigenvalue weighted by Gasteiger charge is 2.49. The molecule has 84 valence electrons. The predicted octanol–water partition coefficient (Wildman–Crippen LogP) is -0.498. The molecule has 3 N–H and O–H groups in total. The third-order valence-electron chi connectivity index (χ3n) is 2.74. The standard InChI is InChI=1S/C9H12O6/c1-9(15)3-6(10)4(7(11)12)2-5(9)8(13)14/h4-5,15H,2-3H2,1H3,(H,11,12)(H,13,14). The lowest BCUT2D eigenvalue weighted by molar-refractivity contribution is -0.164. The Balaban J connectivity index is 2.95. The van der Waals surface area contributed by atoms with Crippen LogP contribution in [0.4, 0.5) is 0 Å². The number of carboxylic acids is 2. The van der Waals surface area contributed by atoms with Crippen LogP contribution in [-0.4, -0.2) is 38.6 Å². The van der Waals surface area contributed by atoms with Crippen LogP contribution in [0, 0.1) is 11.8 Å². The highest BCUT2D eigenvalue weighted by atomic mass is 16.4. The zero-order valence-corrected chi connectivity index (χ0v) is 8.14. The Labute approximate surface area is 85.5 Å². The molecule has 0 aromatic heterocycles. The van der Waals surface area contributed by atoms with Crippen LogP contribution in [0.5, 0.6) is 0 Å². The fourth-order valence-corrected chi connectivity index (χ4v) is 1.83. The monoisotopic (exact) mass is 216 g/mol. The third-order valence-corrected chi connectivity index (χ3v) is 2.74. The molecular weight excluding hydrogens is 204 g/mol. The quantitative estimate of drug-likeness (QED) is 0.536. The Morgan fingerprint density at radius 1 is 1.33 bits per heavy atom. The summed E-state index contributed by atoms with van der Waals surface area (Å²) in [4.78, 5) is 32.7. The number of carbonyl (C=O) groups excluding carboxylic acids is 1. The maximum atomic E-state index is 11.3. The Kier molecular flexibility index (Phi) is 2.81. The molecule has 0 amide bonds. The molecule has 3 atom stereocenters. The number of ketones is 1. The molecule has 6 nitrogen and oxygen atoms in total. The number of carbonyl (C=O) groups is 3. The van der Waals surface area contributed by atoms with Gasteiger partial charge in [-0.3, -0.25) is 14.4 Å². The van der Waals surface area contributed by atoms with Crippen LogP contribution in [-0.2, 0) is 14.4 Å². The van der Waals surface area contributed by atoms with Gasteiger partial charge >= 0.3 is 11.9 Å². The van der Waals surface area contributed by atoms with Crippen molar-refractivity contribution in [1.29, 1.82) is 0 Å². The molecule has 1 rings (SSSR count). The number of aliphatic hydroxyl groups is 1. The van der Waals surface area contributed by atoms with Crippen molar-refractivity contribution in [3.8, 4) is 0 Å². The zero-order chi connectivity index (χ0) is 11.8. The average molecular weight is 216 g/mol. The summed E-state index contributed by atoms with van der Waals surface area (Å²) in [6, 6.07) is 0. The van der Waals surface area contributed by atoms with Gasteiger partial charge in [0.05, 0.1) is 11.5 Å². The number of aliphatic carboxylic acids is 2. The molecular formula is C9H12O6. The first kappa shape index (κ1) is 11.6. The van der Waals surface area contributed by atoms with E-state index >= 15 is 0 Å². The number of rotatable bonds is 2. The zero-order valence-electron chi connectivity index (χ0n) is 8.14. The molecule has 1 fully saturated rings. The van der Waals surface area contributed by atoms with E-state index in [9.17, 15) is 19.5 Å². The molecule has 1 aliphatic rings. The van der Waals surface area contributed by atoms with Crippen LogP contribution in [0.3, 0.4) is 0 Å². The Hall–Kier alpha value is -1.43. The average Bonchev–Trinajstić information content (AvgIpc) is 1.99. The lowest BCUT2D eigenvalue weighted by Gasteiger charge is -2.35. The minimum Gasteiger partial charge on any atom is -0.481 e. The van der Waals surface area contributed by atoms with Crippen LogP contribution in [0.2, 0.25) is 0 Å². The number of hydrogen-bond donors (Lipinski definition) is 3. The van der Waals surface area contributed by atoms with Crippen LogP contribution in [0.25, 0.3) is 0 Å². The second-order valence-corrected chi connectivity index (χ2v) is 4.02. The van der Waals surface area contributed by atoms with Gasteiger partial charge in [-0.2, -0.15) is 0 Å². The third kappa shape index (κ3) is 2.15. The van der Waals surface area contributed by atoms with Gasteiger partial charge < -0.3 is 15.3 Å². The number of carboxylic acid groups (broad SMARTS) is 2. The first-order valence-electron chi connectivity index (χ1n) is 4.46. The summed E-state index contributed by atoms with van der Waals surface area (Å²) in [6.07, 6.45) is -0.780. The van der Waals surface area contributed by atoms with Gasteiger partial charge in [-0.15, -0.1) is 0 Å². The molecule has 3 unspecified atom stereocenters. The van der Waals surface area contributed by atoms with E-state index in [2.05, 4.69) is 0 Å². The van der Waals surface area contributed by atoms with Gasteiger partial charge in [0.25, 0.3) is 0 Å². The molecule has 0 aromatic carbocycles. The summed E-state index contributed by atoms with van der Waals surface area (Å²) >= 11 is 0. The van der Waals surface area contributed by atoms with Crippen molar-refractivity contribution in [1.82, 2.24) is 0 Å². The first-order chi connectivity index (χ1) is 6.75. The second-order valence-electron chi connectivity index (χ2n) is 4.02. The van der Waals surface area contributed by atoms with Crippen molar-refractivity contribution in [2.45, 2.75) is 25.4 Å². The van der Waals surface area contributed by atoms with Crippen molar-refractivity contribution in [3.05, 3.63) is 0 Å². The maximum absolute atomic E-state index is 11.3. The van der Waals surface area contributed by atoms with Gasteiger partial charge in [0.15, 0.2) is 0 Å². The summed E-state index contributed by atoms with van der Waals surface area (Å²) in [7, 11) is 0. The summed E-state index contributed by atoms with van der Waals surface area (Å²) < 4.78 is 0. The van der Waals surface area contributed by atoms with E-state index in [1.165, 1.54) is 6.92 Å². The molecule has 0 radical (unpaired) electrons. The Bertz CT molecular complexity index is 319. The Morgan fingerprint density at radius 2 is 1.87 bits per heavy atom. The highest BCUT2D eigenvalue weighted by Crippen LogP contribution is 2.35. The van der Waals surface area contributed by atoms with E-state index in [4.69, 9.17) is 10.2 Å². The molecule has 0 saturated heterocycles. The van der Waals surface area contributed by atoms with Gasteiger partial charge in [-0.05, 0) is 13.3 Å². The Morgan fingerprint density at radius 3 is 2.27 bits per heavy atom. The minimum atomic E-state index is -1.66. The van der Waals surface area contributed by atoms with Gasteiger partial charge in [-0.1, -0.05) is 0 Å². The second kappa shape index (κ2) is 3.62. The minimum absolute atomic E-state index is 0.351.